The van der Waals surface area contributed by atoms with Gasteiger partial charge in [-0.05, 0) is 29.7 Å². The lowest BCUT2D eigenvalue weighted by molar-refractivity contribution is 0.0967. The van der Waals surface area contributed by atoms with E-state index in [1.54, 1.807) is 0 Å². The van der Waals surface area contributed by atoms with Crippen LogP contribution in [0.5, 0.6) is 0 Å². The van der Waals surface area contributed by atoms with Gasteiger partial charge < -0.3 is 15.3 Å². The summed E-state index contributed by atoms with van der Waals surface area (Å²) in [5.74, 6) is 0.0290. The molecule has 0 atom stereocenters. The molecule has 0 spiro atoms. The first-order valence-electron chi connectivity index (χ1n) is 8.54. The summed E-state index contributed by atoms with van der Waals surface area (Å²) in [5, 5.41) is 6.36. The molecule has 0 unspecified atom stereocenters. The van der Waals surface area contributed by atoms with E-state index in [4.69, 9.17) is 0 Å². The second kappa shape index (κ2) is 4.42. The van der Waals surface area contributed by atoms with Crippen molar-refractivity contribution in [2.75, 3.05) is 0 Å². The van der Waals surface area contributed by atoms with E-state index in [1.807, 2.05) is 12.1 Å². The molecular weight excluding hydrogens is 310 g/mol. The van der Waals surface area contributed by atoms with Gasteiger partial charge in [0.05, 0.1) is 16.6 Å². The number of aromatic nitrogens is 2. The monoisotopic (exact) mass is 325 g/mol. The van der Waals surface area contributed by atoms with E-state index in [2.05, 4.69) is 51.7 Å². The quantitative estimate of drug-likeness (QED) is 0.446. The number of fused-ring (bicyclic) bond motifs is 10. The first-order valence-corrected chi connectivity index (χ1v) is 8.54. The van der Waals surface area contributed by atoms with Gasteiger partial charge in [-0.15, -0.1) is 0 Å². The van der Waals surface area contributed by atoms with Crippen molar-refractivity contribution in [2.24, 2.45) is 0 Å². The molecule has 3 heterocycles. The van der Waals surface area contributed by atoms with Crippen LogP contribution in [0.1, 0.15) is 27.2 Å². The van der Waals surface area contributed by atoms with Gasteiger partial charge in [-0.3, -0.25) is 4.79 Å². The minimum absolute atomic E-state index is 0.0290. The lowest BCUT2D eigenvalue weighted by atomic mass is 9.95. The fourth-order valence-corrected chi connectivity index (χ4v) is 4.40. The third kappa shape index (κ3) is 1.54. The van der Waals surface area contributed by atoms with Gasteiger partial charge in [-0.25, -0.2) is 0 Å². The molecule has 4 aromatic rings. The third-order valence-electron chi connectivity index (χ3n) is 5.43. The van der Waals surface area contributed by atoms with Gasteiger partial charge in [0.2, 0.25) is 0 Å². The fraction of sp³-hybridized carbons (Fsp3) is 0.0952. The van der Waals surface area contributed by atoms with E-state index in [0.29, 0.717) is 6.54 Å². The summed E-state index contributed by atoms with van der Waals surface area (Å²) in [6, 6.07) is 8.20. The van der Waals surface area contributed by atoms with E-state index in [1.165, 1.54) is 10.9 Å². The smallest absolute Gasteiger partial charge is 0.252 e. The van der Waals surface area contributed by atoms with Crippen LogP contribution in [-0.4, -0.2) is 15.9 Å². The van der Waals surface area contributed by atoms with Crippen LogP contribution < -0.4 is 5.32 Å². The summed E-state index contributed by atoms with van der Waals surface area (Å²) in [6.45, 7) is 0.595. The van der Waals surface area contributed by atoms with Gasteiger partial charge in [0.25, 0.3) is 5.91 Å². The molecule has 1 aliphatic carbocycles. The van der Waals surface area contributed by atoms with Gasteiger partial charge in [0, 0.05) is 33.9 Å². The van der Waals surface area contributed by atoms with Crippen molar-refractivity contribution in [3.63, 3.8) is 0 Å². The lowest BCUT2D eigenvalue weighted by Crippen LogP contribution is -2.12. The highest BCUT2D eigenvalue weighted by atomic mass is 16.1. The predicted octanol–water partition coefficient (Wildman–Crippen LogP) is 4.17. The molecule has 25 heavy (non-hydrogen) atoms. The minimum atomic E-state index is 0.0290. The van der Waals surface area contributed by atoms with Gasteiger partial charge in [-0.2, -0.15) is 0 Å². The largest absolute Gasteiger partial charge is 0.353 e. The van der Waals surface area contributed by atoms with E-state index >= 15 is 0 Å². The maximum atomic E-state index is 12.7. The predicted molar refractivity (Wildman–Crippen MR) is 101 cm³/mol. The molecule has 0 fully saturated rings. The Balaban J connectivity index is 1.92. The fourth-order valence-electron chi connectivity index (χ4n) is 4.40. The van der Waals surface area contributed by atoms with Crippen molar-refractivity contribution in [2.45, 2.75) is 13.0 Å². The summed E-state index contributed by atoms with van der Waals surface area (Å²) >= 11 is 0. The number of hydrogen-bond donors (Lipinski definition) is 3. The van der Waals surface area contributed by atoms with Gasteiger partial charge in [0.1, 0.15) is 0 Å². The van der Waals surface area contributed by atoms with Crippen molar-refractivity contribution in [3.05, 3.63) is 64.9 Å². The number of aromatic amines is 2. The van der Waals surface area contributed by atoms with Gasteiger partial charge in [0.15, 0.2) is 0 Å². The van der Waals surface area contributed by atoms with Crippen molar-refractivity contribution >= 4 is 44.7 Å². The molecule has 0 radical (unpaired) electrons. The Morgan fingerprint density at radius 1 is 0.920 bits per heavy atom. The molecule has 0 saturated carbocycles. The van der Waals surface area contributed by atoms with Gasteiger partial charge in [-0.1, -0.05) is 36.4 Å². The summed E-state index contributed by atoms with van der Waals surface area (Å²) < 4.78 is 0. The van der Waals surface area contributed by atoms with Crippen molar-refractivity contribution < 1.29 is 4.79 Å². The van der Waals surface area contributed by atoms with Crippen molar-refractivity contribution in [1.82, 2.24) is 15.3 Å². The third-order valence-corrected chi connectivity index (χ3v) is 5.43. The van der Waals surface area contributed by atoms with Crippen molar-refractivity contribution in [3.8, 4) is 0 Å². The Hall–Kier alpha value is -3.27. The molecule has 6 rings (SSSR count). The van der Waals surface area contributed by atoms with E-state index in [-0.39, 0.29) is 5.91 Å². The molecule has 1 amide bonds. The number of allylic oxidation sites excluding steroid dienone is 3. The maximum Gasteiger partial charge on any atom is 0.252 e. The second-order valence-electron chi connectivity index (χ2n) is 6.72. The first-order chi connectivity index (χ1) is 12.3. The molecule has 1 aliphatic heterocycles. The molecule has 4 nitrogen and oxygen atoms in total. The Morgan fingerprint density at radius 3 is 2.76 bits per heavy atom. The maximum absolute atomic E-state index is 12.7. The Kier molecular flexibility index (Phi) is 2.31. The molecule has 2 aromatic heterocycles. The van der Waals surface area contributed by atoms with E-state index in [0.717, 1.165) is 50.6 Å². The Labute approximate surface area is 143 Å². The minimum Gasteiger partial charge on any atom is -0.353 e. The zero-order chi connectivity index (χ0) is 16.5. The number of para-hydroxylation sites is 1. The van der Waals surface area contributed by atoms with Crippen LogP contribution in [0.25, 0.3) is 38.8 Å². The molecule has 120 valence electrons. The van der Waals surface area contributed by atoms with Crippen molar-refractivity contribution in [1.29, 1.82) is 0 Å². The standard InChI is InChI=1S/C21H15N3O/c25-21-18-13(10-22-21)16-11-6-2-1-3-8-14(11)23-19(16)20-17(18)12-7-4-5-9-15(12)24-20/h1-5,7-9,23-24H,6,10H2,(H,22,25). The van der Waals surface area contributed by atoms with E-state index < -0.39 is 0 Å². The molecule has 3 N–H and O–H groups in total. The first kappa shape index (κ1) is 13.1. The molecule has 0 saturated heterocycles. The average Bonchev–Trinajstić information content (AvgIpc) is 3.23. The number of carbonyl (C=O) groups is 1. The van der Waals surface area contributed by atoms with Crippen LogP contribution in [0, 0.1) is 0 Å². The van der Waals surface area contributed by atoms with Crippen LogP contribution in [0.2, 0.25) is 0 Å². The molecule has 0 bridgehead atoms. The number of amides is 1. The zero-order valence-electron chi connectivity index (χ0n) is 13.4. The van der Waals surface area contributed by atoms with Gasteiger partial charge >= 0.3 is 0 Å². The summed E-state index contributed by atoms with van der Waals surface area (Å²) in [7, 11) is 0. The SMILES string of the molecule is O=C1NCc2c1c1c3ccccc3[nH]c1c1[nH]c3c(c21)CC=CC=C3. The summed E-state index contributed by atoms with van der Waals surface area (Å²) in [6.07, 6.45) is 9.29. The van der Waals surface area contributed by atoms with Crippen LogP contribution in [0.4, 0.5) is 0 Å². The highest BCUT2D eigenvalue weighted by Crippen LogP contribution is 2.41. The molecular formula is C21H15N3O. The number of benzene rings is 2. The van der Waals surface area contributed by atoms with E-state index in [9.17, 15) is 4.79 Å². The number of nitrogens with one attached hydrogen (secondary N) is 3. The van der Waals surface area contributed by atoms with Crippen LogP contribution in [0.3, 0.4) is 0 Å². The number of rotatable bonds is 0. The summed E-state index contributed by atoms with van der Waals surface area (Å²) in [4.78, 5) is 19.8. The Bertz CT molecular complexity index is 1280. The number of H-pyrrole nitrogens is 2. The number of carbonyl (C=O) groups excluding carboxylic acids is 1. The highest BCUT2D eigenvalue weighted by Gasteiger charge is 2.30. The lowest BCUT2D eigenvalue weighted by Gasteiger charge is -2.05. The van der Waals surface area contributed by atoms with Crippen LogP contribution in [0.15, 0.2) is 42.5 Å². The van der Waals surface area contributed by atoms with Crippen LogP contribution >= 0.6 is 0 Å². The zero-order valence-corrected chi connectivity index (χ0v) is 13.4. The molecule has 4 heteroatoms. The summed E-state index contributed by atoms with van der Waals surface area (Å²) in [5.41, 5.74) is 7.55. The highest BCUT2D eigenvalue weighted by molar-refractivity contribution is 6.27. The second-order valence-corrected chi connectivity index (χ2v) is 6.72. The van der Waals surface area contributed by atoms with Crippen LogP contribution in [-0.2, 0) is 13.0 Å². The number of hydrogen-bond acceptors (Lipinski definition) is 1. The topological polar surface area (TPSA) is 60.7 Å². The average molecular weight is 325 g/mol. The normalized spacial score (nSPS) is 15.8. The molecule has 2 aromatic carbocycles. The Morgan fingerprint density at radius 2 is 1.80 bits per heavy atom. The molecule has 2 aliphatic rings.